The summed E-state index contributed by atoms with van der Waals surface area (Å²) >= 11 is 0. The topological polar surface area (TPSA) is 119 Å². The average molecular weight is 512 g/mol. The standard InChI is InChI=1S/C22H47O4P.C4H11NO2/c1-2-3-4-5-6-7-8-9-10-11-12-13-14-15-16-17-18-19-20-21-22-26-27(23,24)25;6-3-1-5-2-4-7/h2-22H2,1H3,(H2,23,24,25);5-7H,1-4H2. The Kier molecular flexibility index (Phi) is 33.0. The molecule has 0 saturated heterocycles. The highest BCUT2D eigenvalue weighted by Crippen LogP contribution is 2.35. The van der Waals surface area contributed by atoms with Gasteiger partial charge in [-0.1, -0.05) is 129 Å². The monoisotopic (exact) mass is 511 g/mol. The molecule has 0 bridgehead atoms. The van der Waals surface area contributed by atoms with Gasteiger partial charge < -0.3 is 25.3 Å². The average Bonchev–Trinajstić information content (AvgIpc) is 2.80. The molecular formula is C26H58NO6P. The minimum atomic E-state index is -4.26. The molecule has 0 aromatic heterocycles. The van der Waals surface area contributed by atoms with Crippen LogP contribution in [0.15, 0.2) is 0 Å². The summed E-state index contributed by atoms with van der Waals surface area (Å²) in [6, 6.07) is 0. The van der Waals surface area contributed by atoms with Crippen LogP contribution in [0.4, 0.5) is 0 Å². The fourth-order valence-electron chi connectivity index (χ4n) is 3.82. The first-order valence-corrected chi connectivity index (χ1v) is 15.6. The van der Waals surface area contributed by atoms with Crippen molar-refractivity contribution in [1.82, 2.24) is 5.32 Å². The summed E-state index contributed by atoms with van der Waals surface area (Å²) < 4.78 is 14.9. The van der Waals surface area contributed by atoms with Crippen molar-refractivity contribution in [3.63, 3.8) is 0 Å². The van der Waals surface area contributed by atoms with Crippen molar-refractivity contribution in [1.29, 1.82) is 0 Å². The summed E-state index contributed by atoms with van der Waals surface area (Å²) in [6.07, 6.45) is 26.5. The zero-order valence-corrected chi connectivity index (χ0v) is 23.1. The number of unbranched alkanes of at least 4 members (excludes halogenated alkanes) is 19. The van der Waals surface area contributed by atoms with Crippen molar-refractivity contribution < 1.29 is 29.1 Å². The van der Waals surface area contributed by atoms with Crippen LogP contribution in [0.25, 0.3) is 0 Å². The molecule has 0 unspecified atom stereocenters. The number of aliphatic hydroxyl groups is 2. The highest BCUT2D eigenvalue weighted by molar-refractivity contribution is 7.46. The lowest BCUT2D eigenvalue weighted by Gasteiger charge is -2.05. The smallest absolute Gasteiger partial charge is 0.395 e. The molecule has 0 saturated carbocycles. The van der Waals surface area contributed by atoms with Gasteiger partial charge in [0.15, 0.2) is 0 Å². The Hall–Kier alpha value is -0.0100. The van der Waals surface area contributed by atoms with Crippen molar-refractivity contribution in [2.24, 2.45) is 0 Å². The maximum Gasteiger partial charge on any atom is 0.469 e. The number of phosphoric acid groups is 1. The van der Waals surface area contributed by atoms with Gasteiger partial charge in [0, 0.05) is 13.1 Å². The molecule has 0 rings (SSSR count). The van der Waals surface area contributed by atoms with E-state index in [2.05, 4.69) is 16.8 Å². The van der Waals surface area contributed by atoms with E-state index in [-0.39, 0.29) is 19.8 Å². The van der Waals surface area contributed by atoms with E-state index >= 15 is 0 Å². The van der Waals surface area contributed by atoms with Gasteiger partial charge in [-0.3, -0.25) is 4.52 Å². The van der Waals surface area contributed by atoms with Gasteiger partial charge in [0.2, 0.25) is 0 Å². The third kappa shape index (κ3) is 39.2. The summed E-state index contributed by atoms with van der Waals surface area (Å²) in [5, 5.41) is 19.1. The van der Waals surface area contributed by atoms with E-state index in [0.29, 0.717) is 13.1 Å². The van der Waals surface area contributed by atoms with Crippen LogP contribution in [0, 0.1) is 0 Å². The van der Waals surface area contributed by atoms with E-state index in [1.807, 2.05) is 0 Å². The van der Waals surface area contributed by atoms with E-state index in [1.54, 1.807) is 0 Å². The Labute approximate surface area is 210 Å². The van der Waals surface area contributed by atoms with Crippen molar-refractivity contribution in [2.45, 2.75) is 135 Å². The first kappa shape index (κ1) is 36.1. The maximum atomic E-state index is 10.5. The first-order valence-electron chi connectivity index (χ1n) is 14.1. The largest absolute Gasteiger partial charge is 0.469 e. The van der Waals surface area contributed by atoms with Crippen molar-refractivity contribution in [2.75, 3.05) is 32.9 Å². The summed E-state index contributed by atoms with van der Waals surface area (Å²) in [5.74, 6) is 0. The Bertz CT molecular complexity index is 405. The molecule has 0 aromatic carbocycles. The minimum Gasteiger partial charge on any atom is -0.395 e. The molecule has 8 heteroatoms. The number of aliphatic hydroxyl groups excluding tert-OH is 2. The van der Waals surface area contributed by atoms with Crippen LogP contribution >= 0.6 is 7.82 Å². The van der Waals surface area contributed by atoms with E-state index in [4.69, 9.17) is 20.0 Å². The quantitative estimate of drug-likeness (QED) is 0.0666. The molecule has 5 N–H and O–H groups in total. The zero-order chi connectivity index (χ0) is 25.6. The molecule has 0 atom stereocenters. The summed E-state index contributed by atoms with van der Waals surface area (Å²) in [6.45, 7) is 3.87. The molecule has 0 aliphatic carbocycles. The highest BCUT2D eigenvalue weighted by Gasteiger charge is 2.12. The van der Waals surface area contributed by atoms with Gasteiger partial charge in [-0.05, 0) is 6.42 Å². The van der Waals surface area contributed by atoms with E-state index < -0.39 is 7.82 Å². The maximum absolute atomic E-state index is 10.5. The fraction of sp³-hybridized carbons (Fsp3) is 1.00. The van der Waals surface area contributed by atoms with Crippen LogP contribution in [0.3, 0.4) is 0 Å². The van der Waals surface area contributed by atoms with Crippen molar-refractivity contribution >= 4 is 7.82 Å². The van der Waals surface area contributed by atoms with E-state index in [0.717, 1.165) is 19.3 Å². The van der Waals surface area contributed by atoms with E-state index in [9.17, 15) is 4.57 Å². The third-order valence-corrected chi connectivity index (χ3v) is 6.35. The molecule has 0 fully saturated rings. The minimum absolute atomic E-state index is 0.139. The molecule has 0 aromatic rings. The predicted molar refractivity (Wildman–Crippen MR) is 143 cm³/mol. The van der Waals surface area contributed by atoms with Crippen LogP contribution in [-0.2, 0) is 9.09 Å². The summed E-state index contributed by atoms with van der Waals surface area (Å²) in [7, 11) is -4.26. The lowest BCUT2D eigenvalue weighted by atomic mass is 10.0. The third-order valence-electron chi connectivity index (χ3n) is 5.83. The van der Waals surface area contributed by atoms with Gasteiger partial charge in [0.05, 0.1) is 19.8 Å². The molecule has 0 heterocycles. The van der Waals surface area contributed by atoms with Crippen LogP contribution in [0.5, 0.6) is 0 Å². The molecule has 0 spiro atoms. The van der Waals surface area contributed by atoms with Gasteiger partial charge >= 0.3 is 7.82 Å². The van der Waals surface area contributed by atoms with Gasteiger partial charge in [-0.25, -0.2) is 4.57 Å². The van der Waals surface area contributed by atoms with Gasteiger partial charge in [0.1, 0.15) is 0 Å². The predicted octanol–water partition coefficient (Wildman–Crippen LogP) is 6.48. The number of phosphoric ester groups is 1. The Morgan fingerprint density at radius 2 is 0.853 bits per heavy atom. The van der Waals surface area contributed by atoms with Gasteiger partial charge in [-0.2, -0.15) is 0 Å². The zero-order valence-electron chi connectivity index (χ0n) is 22.2. The van der Waals surface area contributed by atoms with Crippen molar-refractivity contribution in [3.05, 3.63) is 0 Å². The number of nitrogens with one attached hydrogen (secondary N) is 1. The Morgan fingerprint density at radius 3 is 1.12 bits per heavy atom. The van der Waals surface area contributed by atoms with E-state index in [1.165, 1.54) is 109 Å². The molecule has 7 nitrogen and oxygen atoms in total. The van der Waals surface area contributed by atoms with Crippen LogP contribution < -0.4 is 5.32 Å². The van der Waals surface area contributed by atoms with Gasteiger partial charge in [-0.15, -0.1) is 0 Å². The molecule has 0 amide bonds. The second-order valence-corrected chi connectivity index (χ2v) is 10.5. The number of hydrogen-bond donors (Lipinski definition) is 5. The molecule has 34 heavy (non-hydrogen) atoms. The molecule has 208 valence electrons. The first-order chi connectivity index (χ1) is 16.5. The normalized spacial score (nSPS) is 11.4. The summed E-state index contributed by atoms with van der Waals surface area (Å²) in [5.41, 5.74) is 0. The lowest BCUT2D eigenvalue weighted by Crippen LogP contribution is -2.21. The molecule has 0 aliphatic rings. The SMILES string of the molecule is CCCCCCCCCCCCCCCCCCCCCCOP(=O)(O)O.OCCNCCO. The second kappa shape index (κ2) is 31.0. The fourth-order valence-corrected chi connectivity index (χ4v) is 4.19. The number of rotatable bonds is 26. The summed E-state index contributed by atoms with van der Waals surface area (Å²) in [4.78, 5) is 17.1. The molecule has 0 aliphatic heterocycles. The van der Waals surface area contributed by atoms with Crippen molar-refractivity contribution in [3.8, 4) is 0 Å². The second-order valence-electron chi connectivity index (χ2n) is 9.24. The number of hydrogen-bond acceptors (Lipinski definition) is 5. The van der Waals surface area contributed by atoms with Crippen LogP contribution in [0.2, 0.25) is 0 Å². The lowest BCUT2D eigenvalue weighted by molar-refractivity contribution is 0.193. The Morgan fingerprint density at radius 1 is 0.559 bits per heavy atom. The van der Waals surface area contributed by atoms with Gasteiger partial charge in [0.25, 0.3) is 0 Å². The Balaban J connectivity index is 0. The molecular weight excluding hydrogens is 453 g/mol. The van der Waals surface area contributed by atoms with Crippen LogP contribution in [-0.4, -0.2) is 52.9 Å². The van der Waals surface area contributed by atoms with Crippen LogP contribution in [0.1, 0.15) is 135 Å². The highest BCUT2D eigenvalue weighted by atomic mass is 31.2. The molecule has 0 radical (unpaired) electrons.